The number of nitrogens with zero attached hydrogens (tertiary/aromatic N) is 3. The van der Waals surface area contributed by atoms with Gasteiger partial charge in [0.2, 0.25) is 0 Å². The smallest absolute Gasteiger partial charge is 0.313 e. The normalized spacial score (nSPS) is 16.7. The van der Waals surface area contributed by atoms with Crippen LogP contribution in [0.4, 0.5) is 16.6 Å². The van der Waals surface area contributed by atoms with Gasteiger partial charge in [-0.15, -0.1) is 0 Å². The highest BCUT2D eigenvalue weighted by atomic mass is 32.1. The molecule has 1 fully saturated rings. The standard InChI is InChI=1S/C20H22N6O2S/c1-11-8-13(10-23-17(11)21)24-18(27)19(28)26-7-3-2-4-15(26)12-5-6-16-14(9-12)25-20(22)29-16/h5-6,8-10,15H,2-4,7H2,1H3,(H2,21,23)(H2,22,25)(H,24,27)/t15-/m0/s1. The molecule has 1 aliphatic rings. The molecule has 5 N–H and O–H groups in total. The molecule has 1 saturated heterocycles. The minimum atomic E-state index is -0.679. The van der Waals surface area contributed by atoms with Crippen LogP contribution in [0.3, 0.4) is 0 Å². The third kappa shape index (κ3) is 3.86. The summed E-state index contributed by atoms with van der Waals surface area (Å²) in [4.78, 5) is 35.6. The molecule has 2 amide bonds. The van der Waals surface area contributed by atoms with E-state index in [-0.39, 0.29) is 6.04 Å². The minimum Gasteiger partial charge on any atom is -0.383 e. The summed E-state index contributed by atoms with van der Waals surface area (Å²) in [5, 5.41) is 3.15. The van der Waals surface area contributed by atoms with Crippen LogP contribution < -0.4 is 16.8 Å². The number of thiazole rings is 1. The van der Waals surface area contributed by atoms with Crippen LogP contribution in [0.15, 0.2) is 30.5 Å². The summed E-state index contributed by atoms with van der Waals surface area (Å²) in [6, 6.07) is 7.45. The third-order valence-corrected chi connectivity index (χ3v) is 6.01. The summed E-state index contributed by atoms with van der Waals surface area (Å²) >= 11 is 1.43. The minimum absolute atomic E-state index is 0.166. The predicted octanol–water partition coefficient (Wildman–Crippen LogP) is 2.86. The van der Waals surface area contributed by atoms with E-state index >= 15 is 0 Å². The number of pyridine rings is 1. The lowest BCUT2D eigenvalue weighted by Crippen LogP contribution is -2.44. The Hall–Kier alpha value is -3.20. The maximum Gasteiger partial charge on any atom is 0.313 e. The number of aryl methyl sites for hydroxylation is 1. The monoisotopic (exact) mass is 410 g/mol. The molecule has 29 heavy (non-hydrogen) atoms. The quantitative estimate of drug-likeness (QED) is 0.558. The summed E-state index contributed by atoms with van der Waals surface area (Å²) < 4.78 is 1.00. The van der Waals surface area contributed by atoms with Gasteiger partial charge in [0, 0.05) is 6.54 Å². The first-order valence-electron chi connectivity index (χ1n) is 9.42. The maximum atomic E-state index is 12.9. The molecular formula is C20H22N6O2S. The van der Waals surface area contributed by atoms with E-state index in [4.69, 9.17) is 11.5 Å². The lowest BCUT2D eigenvalue weighted by Gasteiger charge is -2.35. The van der Waals surface area contributed by atoms with E-state index in [0.29, 0.717) is 23.2 Å². The molecule has 8 nitrogen and oxygen atoms in total. The molecule has 2 aromatic heterocycles. The second-order valence-electron chi connectivity index (χ2n) is 7.17. The Balaban J connectivity index is 1.56. The van der Waals surface area contributed by atoms with Gasteiger partial charge < -0.3 is 21.7 Å². The molecule has 0 bridgehead atoms. The van der Waals surface area contributed by atoms with Crippen LogP contribution in [0.2, 0.25) is 0 Å². The number of likely N-dealkylation sites (tertiary alicyclic amines) is 1. The Morgan fingerprint density at radius 2 is 2.07 bits per heavy atom. The Bertz CT molecular complexity index is 1100. The van der Waals surface area contributed by atoms with Crippen molar-refractivity contribution in [3.63, 3.8) is 0 Å². The van der Waals surface area contributed by atoms with Crippen molar-refractivity contribution in [1.29, 1.82) is 0 Å². The molecule has 4 rings (SSSR count). The van der Waals surface area contributed by atoms with E-state index < -0.39 is 11.8 Å². The molecule has 3 aromatic rings. The number of benzene rings is 1. The average molecular weight is 411 g/mol. The first-order valence-corrected chi connectivity index (χ1v) is 10.2. The van der Waals surface area contributed by atoms with E-state index in [1.807, 2.05) is 18.2 Å². The molecule has 1 atom stereocenters. The van der Waals surface area contributed by atoms with Crippen molar-refractivity contribution in [2.45, 2.75) is 32.2 Å². The molecule has 0 unspecified atom stereocenters. The number of nitrogens with two attached hydrogens (primary N) is 2. The number of rotatable bonds is 2. The molecule has 0 radical (unpaired) electrons. The highest BCUT2D eigenvalue weighted by Gasteiger charge is 2.32. The van der Waals surface area contributed by atoms with Crippen molar-refractivity contribution in [3.05, 3.63) is 41.6 Å². The molecular weight excluding hydrogens is 388 g/mol. The van der Waals surface area contributed by atoms with Gasteiger partial charge >= 0.3 is 11.8 Å². The Morgan fingerprint density at radius 3 is 2.86 bits per heavy atom. The number of carbonyl (C=O) groups is 2. The fraction of sp³-hybridized carbons (Fsp3) is 0.300. The van der Waals surface area contributed by atoms with Gasteiger partial charge in [-0.25, -0.2) is 9.97 Å². The number of carbonyl (C=O) groups excluding carboxylic acids is 2. The Labute approximate surface area is 171 Å². The van der Waals surface area contributed by atoms with Crippen LogP contribution >= 0.6 is 11.3 Å². The number of nitrogen functional groups attached to an aromatic ring is 2. The second-order valence-corrected chi connectivity index (χ2v) is 8.23. The summed E-state index contributed by atoms with van der Waals surface area (Å²) in [6.07, 6.45) is 4.10. The molecule has 0 aliphatic carbocycles. The van der Waals surface area contributed by atoms with E-state index in [9.17, 15) is 9.59 Å². The van der Waals surface area contributed by atoms with Crippen molar-refractivity contribution in [2.75, 3.05) is 23.3 Å². The van der Waals surface area contributed by atoms with Gasteiger partial charge in [-0.05, 0) is 55.5 Å². The lowest BCUT2D eigenvalue weighted by molar-refractivity contribution is -0.145. The SMILES string of the molecule is Cc1cc(NC(=O)C(=O)N2CCCC[C@H]2c2ccc3sc(N)nc3c2)cnc1N. The van der Waals surface area contributed by atoms with E-state index in [2.05, 4.69) is 15.3 Å². The topological polar surface area (TPSA) is 127 Å². The Kier molecular flexibility index (Phi) is 5.06. The molecule has 3 heterocycles. The highest BCUT2D eigenvalue weighted by Crippen LogP contribution is 2.34. The molecule has 150 valence electrons. The van der Waals surface area contributed by atoms with Crippen molar-refractivity contribution in [1.82, 2.24) is 14.9 Å². The van der Waals surface area contributed by atoms with Crippen molar-refractivity contribution in [2.24, 2.45) is 0 Å². The number of fused-ring (bicyclic) bond motifs is 1. The van der Waals surface area contributed by atoms with Crippen molar-refractivity contribution in [3.8, 4) is 0 Å². The fourth-order valence-electron chi connectivity index (χ4n) is 3.66. The van der Waals surface area contributed by atoms with Crippen LogP contribution in [0.25, 0.3) is 10.2 Å². The summed E-state index contributed by atoms with van der Waals surface area (Å²) in [6.45, 7) is 2.33. The fourth-order valence-corrected chi connectivity index (χ4v) is 4.37. The maximum absolute atomic E-state index is 12.9. The number of amides is 2. The van der Waals surface area contributed by atoms with Gasteiger partial charge in [-0.1, -0.05) is 17.4 Å². The van der Waals surface area contributed by atoms with Crippen LogP contribution in [0.1, 0.15) is 36.4 Å². The Morgan fingerprint density at radius 1 is 1.24 bits per heavy atom. The van der Waals surface area contributed by atoms with Crippen LogP contribution in [0, 0.1) is 6.92 Å². The molecule has 0 spiro atoms. The highest BCUT2D eigenvalue weighted by molar-refractivity contribution is 7.22. The summed E-state index contributed by atoms with van der Waals surface area (Å²) in [5.74, 6) is -0.840. The zero-order valence-electron chi connectivity index (χ0n) is 16.0. The van der Waals surface area contributed by atoms with Gasteiger partial charge in [0.05, 0.1) is 28.1 Å². The molecule has 1 aliphatic heterocycles. The third-order valence-electron chi connectivity index (χ3n) is 5.15. The molecule has 9 heteroatoms. The van der Waals surface area contributed by atoms with Gasteiger partial charge in [0.1, 0.15) is 5.82 Å². The number of piperidine rings is 1. The van der Waals surface area contributed by atoms with Crippen LogP contribution in [-0.4, -0.2) is 33.2 Å². The van der Waals surface area contributed by atoms with E-state index in [1.165, 1.54) is 17.5 Å². The number of anilines is 3. The largest absolute Gasteiger partial charge is 0.383 e. The van der Waals surface area contributed by atoms with Crippen molar-refractivity contribution < 1.29 is 9.59 Å². The number of hydrogen-bond donors (Lipinski definition) is 3. The van der Waals surface area contributed by atoms with Gasteiger partial charge in [-0.2, -0.15) is 0 Å². The van der Waals surface area contributed by atoms with Crippen LogP contribution in [-0.2, 0) is 9.59 Å². The van der Waals surface area contributed by atoms with Gasteiger partial charge in [-0.3, -0.25) is 9.59 Å². The summed E-state index contributed by atoms with van der Waals surface area (Å²) in [5.41, 5.74) is 14.5. The molecule has 1 aromatic carbocycles. The first-order chi connectivity index (χ1) is 13.9. The summed E-state index contributed by atoms with van der Waals surface area (Å²) in [7, 11) is 0. The lowest BCUT2D eigenvalue weighted by atomic mass is 9.95. The number of nitrogens with one attached hydrogen (secondary N) is 1. The van der Waals surface area contributed by atoms with E-state index in [1.54, 1.807) is 17.9 Å². The van der Waals surface area contributed by atoms with Gasteiger partial charge in [0.25, 0.3) is 0 Å². The number of aromatic nitrogens is 2. The van der Waals surface area contributed by atoms with Crippen LogP contribution in [0.5, 0.6) is 0 Å². The van der Waals surface area contributed by atoms with Gasteiger partial charge in [0.15, 0.2) is 5.13 Å². The molecule has 0 saturated carbocycles. The second kappa shape index (κ2) is 7.67. The van der Waals surface area contributed by atoms with E-state index in [0.717, 1.165) is 40.6 Å². The van der Waals surface area contributed by atoms with Crippen molar-refractivity contribution >= 4 is 50.0 Å². The zero-order chi connectivity index (χ0) is 20.5. The predicted molar refractivity (Wildman–Crippen MR) is 114 cm³/mol. The first kappa shape index (κ1) is 19.1. The number of hydrogen-bond acceptors (Lipinski definition) is 7. The zero-order valence-corrected chi connectivity index (χ0v) is 16.8. The average Bonchev–Trinajstić information content (AvgIpc) is 3.09.